The minimum absolute atomic E-state index is 0.106. The summed E-state index contributed by atoms with van der Waals surface area (Å²) in [7, 11) is 1.61. The maximum Gasteiger partial charge on any atom is 0.252 e. The van der Waals surface area contributed by atoms with Crippen LogP contribution in [0.15, 0.2) is 48.7 Å². The van der Waals surface area contributed by atoms with E-state index in [2.05, 4.69) is 10.3 Å². The van der Waals surface area contributed by atoms with E-state index in [9.17, 15) is 4.79 Å². The first-order valence-corrected chi connectivity index (χ1v) is 9.32. The minimum atomic E-state index is -0.269. The SMILES string of the molecule is COc1cc(-c2ccc(OC3CC3)cc2)c2ncc(C(=O)NCCO)cc2c1. The van der Waals surface area contributed by atoms with Crippen LogP contribution in [-0.4, -0.2) is 42.4 Å². The fourth-order valence-electron chi connectivity index (χ4n) is 3.05. The van der Waals surface area contributed by atoms with Gasteiger partial charge in [-0.25, -0.2) is 0 Å². The van der Waals surface area contributed by atoms with E-state index in [4.69, 9.17) is 14.6 Å². The van der Waals surface area contributed by atoms with E-state index in [1.165, 1.54) is 0 Å². The lowest BCUT2D eigenvalue weighted by Gasteiger charge is -2.12. The molecule has 1 heterocycles. The number of benzene rings is 2. The number of nitrogens with one attached hydrogen (secondary N) is 1. The van der Waals surface area contributed by atoms with Crippen molar-refractivity contribution in [3.8, 4) is 22.6 Å². The zero-order valence-corrected chi connectivity index (χ0v) is 15.6. The summed E-state index contributed by atoms with van der Waals surface area (Å²) in [5.74, 6) is 1.29. The van der Waals surface area contributed by atoms with Crippen LogP contribution in [0, 0.1) is 0 Å². The van der Waals surface area contributed by atoms with Gasteiger partial charge in [-0.05, 0) is 48.7 Å². The molecule has 0 saturated heterocycles. The molecule has 0 unspecified atom stereocenters. The molecule has 1 saturated carbocycles. The molecule has 1 amide bonds. The molecule has 2 aromatic carbocycles. The highest BCUT2D eigenvalue weighted by atomic mass is 16.5. The van der Waals surface area contributed by atoms with Gasteiger partial charge in [0.15, 0.2) is 0 Å². The number of ether oxygens (including phenoxy) is 2. The summed E-state index contributed by atoms with van der Waals surface area (Å²) in [4.78, 5) is 16.7. The summed E-state index contributed by atoms with van der Waals surface area (Å²) in [6.07, 6.45) is 4.16. The van der Waals surface area contributed by atoms with Gasteiger partial charge in [-0.1, -0.05) is 12.1 Å². The first-order chi connectivity index (χ1) is 13.7. The molecule has 28 heavy (non-hydrogen) atoms. The fourth-order valence-corrected chi connectivity index (χ4v) is 3.05. The minimum Gasteiger partial charge on any atom is -0.497 e. The quantitative estimate of drug-likeness (QED) is 0.660. The molecule has 4 rings (SSSR count). The highest BCUT2D eigenvalue weighted by molar-refractivity contribution is 6.01. The van der Waals surface area contributed by atoms with Gasteiger partial charge in [-0.15, -0.1) is 0 Å². The molecule has 1 aliphatic rings. The molecule has 0 aliphatic heterocycles. The Hall–Kier alpha value is -3.12. The van der Waals surface area contributed by atoms with Crippen LogP contribution in [0.25, 0.3) is 22.0 Å². The smallest absolute Gasteiger partial charge is 0.252 e. The van der Waals surface area contributed by atoms with E-state index in [1.807, 2.05) is 36.4 Å². The number of carbonyl (C=O) groups is 1. The van der Waals surface area contributed by atoms with Crippen molar-refractivity contribution >= 4 is 16.8 Å². The van der Waals surface area contributed by atoms with Crippen molar-refractivity contribution in [1.29, 1.82) is 0 Å². The normalized spacial score (nSPS) is 13.4. The molecule has 6 nitrogen and oxygen atoms in total. The zero-order chi connectivity index (χ0) is 19.5. The number of methoxy groups -OCH3 is 1. The van der Waals surface area contributed by atoms with E-state index < -0.39 is 0 Å². The number of nitrogens with zero attached hydrogens (tertiary/aromatic N) is 1. The lowest BCUT2D eigenvalue weighted by Crippen LogP contribution is -2.26. The number of aromatic nitrogens is 1. The highest BCUT2D eigenvalue weighted by Crippen LogP contribution is 2.34. The highest BCUT2D eigenvalue weighted by Gasteiger charge is 2.23. The Balaban J connectivity index is 1.71. The average Bonchev–Trinajstić information content (AvgIpc) is 3.55. The first-order valence-electron chi connectivity index (χ1n) is 9.32. The second kappa shape index (κ2) is 7.86. The molecule has 1 aliphatic carbocycles. The molecule has 0 radical (unpaired) electrons. The first kappa shape index (κ1) is 18.3. The van der Waals surface area contributed by atoms with Crippen LogP contribution in [0.1, 0.15) is 23.2 Å². The molecule has 0 atom stereocenters. The van der Waals surface area contributed by atoms with Crippen LogP contribution in [-0.2, 0) is 0 Å². The summed E-state index contributed by atoms with van der Waals surface area (Å²) in [5.41, 5.74) is 3.15. The van der Waals surface area contributed by atoms with Crippen LogP contribution in [0.3, 0.4) is 0 Å². The van der Waals surface area contributed by atoms with E-state index in [0.717, 1.165) is 40.6 Å². The van der Waals surface area contributed by atoms with Crippen molar-refractivity contribution in [2.75, 3.05) is 20.3 Å². The van der Waals surface area contributed by atoms with Gasteiger partial charge in [-0.3, -0.25) is 9.78 Å². The monoisotopic (exact) mass is 378 g/mol. The summed E-state index contributed by atoms with van der Waals surface area (Å²) >= 11 is 0. The largest absolute Gasteiger partial charge is 0.497 e. The van der Waals surface area contributed by atoms with Crippen LogP contribution in [0.4, 0.5) is 0 Å². The van der Waals surface area contributed by atoms with Crippen molar-refractivity contribution in [1.82, 2.24) is 10.3 Å². The number of fused-ring (bicyclic) bond motifs is 1. The Labute approximate surface area is 163 Å². The van der Waals surface area contributed by atoms with Crippen LogP contribution in [0.5, 0.6) is 11.5 Å². The molecule has 1 aromatic heterocycles. The van der Waals surface area contributed by atoms with Gasteiger partial charge in [0, 0.05) is 23.7 Å². The second-order valence-corrected chi connectivity index (χ2v) is 6.79. The van der Waals surface area contributed by atoms with Crippen LogP contribution < -0.4 is 14.8 Å². The number of aliphatic hydroxyl groups excluding tert-OH is 1. The number of pyridine rings is 1. The predicted molar refractivity (Wildman–Crippen MR) is 107 cm³/mol. The van der Waals surface area contributed by atoms with Crippen molar-refractivity contribution < 1.29 is 19.4 Å². The number of hydrogen-bond donors (Lipinski definition) is 2. The summed E-state index contributed by atoms with van der Waals surface area (Å²) in [6.45, 7) is 0.0979. The zero-order valence-electron chi connectivity index (χ0n) is 15.6. The number of rotatable bonds is 7. The summed E-state index contributed by atoms with van der Waals surface area (Å²) < 4.78 is 11.3. The molecule has 3 aromatic rings. The molecule has 0 bridgehead atoms. The number of aliphatic hydroxyl groups is 1. The number of hydrogen-bond acceptors (Lipinski definition) is 5. The van der Waals surface area contributed by atoms with E-state index in [0.29, 0.717) is 17.4 Å². The van der Waals surface area contributed by atoms with Crippen molar-refractivity contribution in [3.63, 3.8) is 0 Å². The van der Waals surface area contributed by atoms with Gasteiger partial charge in [-0.2, -0.15) is 0 Å². The Bertz CT molecular complexity index is 997. The van der Waals surface area contributed by atoms with Crippen LogP contribution >= 0.6 is 0 Å². The van der Waals surface area contributed by atoms with Gasteiger partial charge in [0.1, 0.15) is 11.5 Å². The van der Waals surface area contributed by atoms with Crippen molar-refractivity contribution in [3.05, 3.63) is 54.2 Å². The molecular formula is C22H22N2O4. The van der Waals surface area contributed by atoms with Gasteiger partial charge in [0.05, 0.1) is 30.9 Å². The van der Waals surface area contributed by atoms with Crippen LogP contribution in [0.2, 0.25) is 0 Å². The number of carbonyl (C=O) groups excluding carboxylic acids is 1. The Morgan fingerprint density at radius 1 is 1.18 bits per heavy atom. The standard InChI is InChI=1S/C22H22N2O4/c1-27-19-11-15-10-16(22(26)23-8-9-25)13-24-21(15)20(12-19)14-2-4-17(5-3-14)28-18-6-7-18/h2-5,10-13,18,25H,6-9H2,1H3,(H,23,26). The van der Waals surface area contributed by atoms with E-state index in [1.54, 1.807) is 19.4 Å². The fraction of sp³-hybridized carbons (Fsp3) is 0.273. The third kappa shape index (κ3) is 3.92. The van der Waals surface area contributed by atoms with E-state index in [-0.39, 0.29) is 19.1 Å². The summed E-state index contributed by atoms with van der Waals surface area (Å²) in [5, 5.41) is 12.3. The maximum absolute atomic E-state index is 12.2. The van der Waals surface area contributed by atoms with Gasteiger partial charge >= 0.3 is 0 Å². The Morgan fingerprint density at radius 3 is 2.64 bits per heavy atom. The molecule has 144 valence electrons. The summed E-state index contributed by atoms with van der Waals surface area (Å²) in [6, 6.07) is 13.5. The lowest BCUT2D eigenvalue weighted by molar-refractivity contribution is 0.0944. The molecule has 0 spiro atoms. The molecule has 1 fully saturated rings. The average molecular weight is 378 g/mol. The topological polar surface area (TPSA) is 80.7 Å². The molecular weight excluding hydrogens is 356 g/mol. The van der Waals surface area contributed by atoms with Crippen molar-refractivity contribution in [2.24, 2.45) is 0 Å². The van der Waals surface area contributed by atoms with E-state index >= 15 is 0 Å². The predicted octanol–water partition coefficient (Wildman–Crippen LogP) is 3.17. The lowest BCUT2D eigenvalue weighted by atomic mass is 10.0. The number of amides is 1. The van der Waals surface area contributed by atoms with Gasteiger partial charge < -0.3 is 19.9 Å². The van der Waals surface area contributed by atoms with Gasteiger partial charge in [0.25, 0.3) is 5.91 Å². The second-order valence-electron chi connectivity index (χ2n) is 6.79. The molecule has 2 N–H and O–H groups in total. The third-order valence-electron chi connectivity index (χ3n) is 4.64. The van der Waals surface area contributed by atoms with Crippen molar-refractivity contribution in [2.45, 2.75) is 18.9 Å². The third-order valence-corrected chi connectivity index (χ3v) is 4.64. The maximum atomic E-state index is 12.2. The van der Waals surface area contributed by atoms with Gasteiger partial charge in [0.2, 0.25) is 0 Å². The Morgan fingerprint density at radius 2 is 1.96 bits per heavy atom. The Kier molecular flexibility index (Phi) is 5.12. The molecule has 6 heteroatoms.